The Kier molecular flexibility index (Phi) is 5.44. The van der Waals surface area contributed by atoms with Crippen LogP contribution in [0.3, 0.4) is 0 Å². The number of thiazole rings is 1. The van der Waals surface area contributed by atoms with Gasteiger partial charge in [-0.25, -0.2) is 4.98 Å². The quantitative estimate of drug-likeness (QED) is 0.438. The van der Waals surface area contributed by atoms with Crippen molar-refractivity contribution in [1.82, 2.24) is 4.98 Å². The number of thiophene rings is 1. The van der Waals surface area contributed by atoms with E-state index in [9.17, 15) is 9.59 Å². The van der Waals surface area contributed by atoms with Crippen LogP contribution >= 0.6 is 22.7 Å². The average Bonchev–Trinajstić information content (AvgIpc) is 3.20. The highest BCUT2D eigenvalue weighted by Gasteiger charge is 2.17. The van der Waals surface area contributed by atoms with Crippen molar-refractivity contribution < 1.29 is 9.59 Å². The number of para-hydroxylation sites is 1. The van der Waals surface area contributed by atoms with Crippen molar-refractivity contribution in [2.24, 2.45) is 0 Å². The molecule has 2 heterocycles. The van der Waals surface area contributed by atoms with Crippen LogP contribution in [0, 0.1) is 13.8 Å². The summed E-state index contributed by atoms with van der Waals surface area (Å²) in [4.78, 5) is 32.6. The molecule has 6 heteroatoms. The van der Waals surface area contributed by atoms with Crippen LogP contribution in [-0.4, -0.2) is 16.7 Å². The van der Waals surface area contributed by atoms with Crippen molar-refractivity contribution in [3.05, 3.63) is 68.9 Å². The number of hydrogen-bond acceptors (Lipinski definition) is 5. The molecule has 0 radical (unpaired) electrons. The molecule has 0 aliphatic heterocycles. The second-order valence-electron chi connectivity index (χ2n) is 5.77. The van der Waals surface area contributed by atoms with Gasteiger partial charge in [-0.2, -0.15) is 0 Å². The maximum atomic E-state index is 12.4. The number of allylic oxidation sites excluding steroid dienone is 1. The van der Waals surface area contributed by atoms with E-state index < -0.39 is 0 Å². The fourth-order valence-corrected chi connectivity index (χ4v) is 4.37. The van der Waals surface area contributed by atoms with Crippen LogP contribution in [0.15, 0.2) is 47.9 Å². The Morgan fingerprint density at radius 2 is 1.88 bits per heavy atom. The molecule has 0 saturated heterocycles. The minimum Gasteiger partial charge on any atom is -0.289 e. The Bertz CT molecular complexity index is 971. The first-order valence-corrected chi connectivity index (χ1v) is 9.76. The molecule has 0 fully saturated rings. The third-order valence-corrected chi connectivity index (χ3v) is 5.55. The molecule has 0 spiro atoms. The van der Waals surface area contributed by atoms with E-state index in [1.165, 1.54) is 24.3 Å². The summed E-state index contributed by atoms with van der Waals surface area (Å²) in [5.74, 6) is -0.144. The van der Waals surface area contributed by atoms with Crippen LogP contribution in [0.5, 0.6) is 0 Å². The summed E-state index contributed by atoms with van der Waals surface area (Å²) in [6.45, 7) is 5.45. The molecule has 4 nitrogen and oxygen atoms in total. The number of nitrogens with zero attached hydrogens (tertiary/aromatic N) is 2. The van der Waals surface area contributed by atoms with Gasteiger partial charge in [0.1, 0.15) is 0 Å². The molecular formula is C20H18N2O2S2. The van der Waals surface area contributed by atoms with Gasteiger partial charge < -0.3 is 0 Å². The number of aryl methyl sites for hydroxylation is 2. The molecule has 0 saturated carbocycles. The highest BCUT2D eigenvalue weighted by Crippen LogP contribution is 2.29. The monoisotopic (exact) mass is 382 g/mol. The van der Waals surface area contributed by atoms with E-state index in [0.29, 0.717) is 10.8 Å². The summed E-state index contributed by atoms with van der Waals surface area (Å²) in [5.41, 5.74) is 2.16. The van der Waals surface area contributed by atoms with Crippen molar-refractivity contribution in [3.63, 3.8) is 0 Å². The highest BCUT2D eigenvalue weighted by atomic mass is 32.1. The van der Waals surface area contributed by atoms with Gasteiger partial charge in [-0.1, -0.05) is 18.2 Å². The smallest absolute Gasteiger partial charge is 0.230 e. The molecule has 3 aromatic rings. The molecule has 0 bridgehead atoms. The van der Waals surface area contributed by atoms with Crippen LogP contribution in [0.2, 0.25) is 0 Å². The number of carbonyl (C=O) groups is 2. The Hall–Kier alpha value is -2.57. The zero-order valence-electron chi connectivity index (χ0n) is 14.7. The van der Waals surface area contributed by atoms with E-state index in [0.717, 1.165) is 21.0 Å². The Balaban J connectivity index is 1.82. The van der Waals surface area contributed by atoms with Crippen molar-refractivity contribution in [2.45, 2.75) is 20.8 Å². The van der Waals surface area contributed by atoms with Gasteiger partial charge in [-0.15, -0.1) is 22.7 Å². The molecule has 132 valence electrons. The Morgan fingerprint density at radius 3 is 2.50 bits per heavy atom. The SMILES string of the molecule is CC(=O)N(c1ccccc1)c1nc(/C=C/C(=O)c2cc(C)sc2C)cs1. The van der Waals surface area contributed by atoms with Crippen molar-refractivity contribution in [3.8, 4) is 0 Å². The normalized spacial score (nSPS) is 11.0. The van der Waals surface area contributed by atoms with E-state index in [1.54, 1.807) is 22.3 Å². The van der Waals surface area contributed by atoms with Crippen LogP contribution < -0.4 is 4.90 Å². The molecule has 1 amide bonds. The van der Waals surface area contributed by atoms with Gasteiger partial charge in [-0.05, 0) is 44.2 Å². The summed E-state index contributed by atoms with van der Waals surface area (Å²) in [6.07, 6.45) is 3.23. The van der Waals surface area contributed by atoms with Gasteiger partial charge in [0.25, 0.3) is 0 Å². The molecule has 0 atom stereocenters. The fourth-order valence-electron chi connectivity index (χ4n) is 2.59. The molecular weight excluding hydrogens is 364 g/mol. The second-order valence-corrected chi connectivity index (χ2v) is 8.07. The molecule has 3 rings (SSSR count). The van der Waals surface area contributed by atoms with Crippen LogP contribution in [0.25, 0.3) is 6.08 Å². The first-order chi connectivity index (χ1) is 12.5. The van der Waals surface area contributed by atoms with Gasteiger partial charge in [0.15, 0.2) is 10.9 Å². The van der Waals surface area contributed by atoms with E-state index in [-0.39, 0.29) is 11.7 Å². The van der Waals surface area contributed by atoms with E-state index in [2.05, 4.69) is 4.98 Å². The number of aromatic nitrogens is 1. The summed E-state index contributed by atoms with van der Waals surface area (Å²) < 4.78 is 0. The van der Waals surface area contributed by atoms with Gasteiger partial charge in [-0.3, -0.25) is 14.5 Å². The van der Waals surface area contributed by atoms with Gasteiger partial charge in [0.2, 0.25) is 5.91 Å². The molecule has 2 aromatic heterocycles. The van der Waals surface area contributed by atoms with E-state index >= 15 is 0 Å². The Morgan fingerprint density at radius 1 is 1.15 bits per heavy atom. The molecule has 0 aliphatic rings. The molecule has 26 heavy (non-hydrogen) atoms. The van der Waals surface area contributed by atoms with Gasteiger partial charge in [0.05, 0.1) is 11.4 Å². The topological polar surface area (TPSA) is 50.3 Å². The maximum absolute atomic E-state index is 12.4. The fraction of sp³-hybridized carbons (Fsp3) is 0.150. The Labute approximate surface area is 160 Å². The van der Waals surface area contributed by atoms with Gasteiger partial charge in [0, 0.05) is 27.6 Å². The van der Waals surface area contributed by atoms with Crippen molar-refractivity contribution >= 4 is 51.3 Å². The lowest BCUT2D eigenvalue weighted by Crippen LogP contribution is -2.22. The summed E-state index contributed by atoms with van der Waals surface area (Å²) in [5, 5.41) is 2.42. The van der Waals surface area contributed by atoms with Crippen LogP contribution in [0.4, 0.5) is 10.8 Å². The zero-order valence-corrected chi connectivity index (χ0v) is 16.4. The van der Waals surface area contributed by atoms with Crippen molar-refractivity contribution in [1.29, 1.82) is 0 Å². The first-order valence-electron chi connectivity index (χ1n) is 8.06. The largest absolute Gasteiger partial charge is 0.289 e. The van der Waals surface area contributed by atoms with E-state index in [4.69, 9.17) is 0 Å². The second kappa shape index (κ2) is 7.76. The third-order valence-electron chi connectivity index (χ3n) is 3.74. The molecule has 1 aromatic carbocycles. The predicted octanol–water partition coefficient (Wildman–Crippen LogP) is 5.40. The van der Waals surface area contributed by atoms with Gasteiger partial charge >= 0.3 is 0 Å². The average molecular weight is 383 g/mol. The summed E-state index contributed by atoms with van der Waals surface area (Å²) in [7, 11) is 0. The number of ketones is 1. The third kappa shape index (κ3) is 3.98. The van der Waals surface area contributed by atoms with Crippen LogP contribution in [0.1, 0.15) is 32.7 Å². The number of benzene rings is 1. The number of rotatable bonds is 5. The lowest BCUT2D eigenvalue weighted by Gasteiger charge is -2.17. The lowest BCUT2D eigenvalue weighted by atomic mass is 10.1. The van der Waals surface area contributed by atoms with E-state index in [1.807, 2.05) is 55.6 Å². The minimum absolute atomic E-state index is 0.0344. The minimum atomic E-state index is -0.110. The standard InChI is InChI=1S/C20H18N2O2S2/c1-13-11-18(14(2)26-13)19(24)10-9-16-12-25-20(21-16)22(15(3)23)17-7-5-4-6-8-17/h4-12H,1-3H3/b10-9+. The molecule has 0 unspecified atom stereocenters. The van der Waals surface area contributed by atoms with Crippen molar-refractivity contribution in [2.75, 3.05) is 4.90 Å². The molecule has 0 aliphatic carbocycles. The summed E-state index contributed by atoms with van der Waals surface area (Å²) in [6, 6.07) is 11.3. The zero-order chi connectivity index (χ0) is 18.7. The number of hydrogen-bond donors (Lipinski definition) is 0. The maximum Gasteiger partial charge on any atom is 0.230 e. The summed E-state index contributed by atoms with van der Waals surface area (Å²) >= 11 is 2.98. The lowest BCUT2D eigenvalue weighted by molar-refractivity contribution is -0.115. The number of carbonyl (C=O) groups excluding carboxylic acids is 2. The highest BCUT2D eigenvalue weighted by molar-refractivity contribution is 7.14. The molecule has 0 N–H and O–H groups in total. The predicted molar refractivity (Wildman–Crippen MR) is 109 cm³/mol. The number of anilines is 2. The first kappa shape index (κ1) is 18.2. The number of amides is 1. The van der Waals surface area contributed by atoms with Crippen LogP contribution in [-0.2, 0) is 4.79 Å².